The Morgan fingerprint density at radius 1 is 1.44 bits per heavy atom. The maximum Gasteiger partial charge on any atom is 0.187 e. The lowest BCUT2D eigenvalue weighted by atomic mass is 10.2. The van der Waals surface area contributed by atoms with Crippen molar-refractivity contribution in [2.75, 3.05) is 5.75 Å². The first kappa shape index (κ1) is 13.2. The van der Waals surface area contributed by atoms with Gasteiger partial charge in [0.05, 0.1) is 4.88 Å². The van der Waals surface area contributed by atoms with E-state index in [9.17, 15) is 4.79 Å². The molecular weight excluding hydrogens is 264 g/mol. The molecule has 0 bridgehead atoms. The number of nitrogens with zero attached hydrogens (tertiary/aromatic N) is 2. The number of carbonyl (C=O) groups is 1. The SMILES string of the molecule is Cc1ccnc(SCCCC(=O)c2cccs2)n1. The summed E-state index contributed by atoms with van der Waals surface area (Å²) >= 11 is 3.11. The van der Waals surface area contributed by atoms with Crippen molar-refractivity contribution in [2.45, 2.75) is 24.9 Å². The topological polar surface area (TPSA) is 42.9 Å². The van der Waals surface area contributed by atoms with E-state index in [2.05, 4.69) is 9.97 Å². The molecule has 0 N–H and O–H groups in total. The Bertz CT molecular complexity index is 511. The zero-order valence-electron chi connectivity index (χ0n) is 10.1. The lowest BCUT2D eigenvalue weighted by Gasteiger charge is -2.00. The fourth-order valence-corrected chi connectivity index (χ4v) is 2.96. The second kappa shape index (κ2) is 6.66. The predicted molar refractivity (Wildman–Crippen MR) is 75.4 cm³/mol. The van der Waals surface area contributed by atoms with Crippen LogP contribution in [-0.4, -0.2) is 21.5 Å². The summed E-state index contributed by atoms with van der Waals surface area (Å²) in [5.41, 5.74) is 0.974. The van der Waals surface area contributed by atoms with E-state index in [0.717, 1.165) is 27.9 Å². The second-order valence-electron chi connectivity index (χ2n) is 3.83. The highest BCUT2D eigenvalue weighted by molar-refractivity contribution is 7.99. The first-order valence-electron chi connectivity index (χ1n) is 5.75. The van der Waals surface area contributed by atoms with Crippen molar-refractivity contribution in [2.24, 2.45) is 0 Å². The van der Waals surface area contributed by atoms with Gasteiger partial charge in [-0.15, -0.1) is 11.3 Å². The van der Waals surface area contributed by atoms with Gasteiger partial charge in [0.1, 0.15) is 0 Å². The van der Waals surface area contributed by atoms with Crippen LogP contribution in [0.3, 0.4) is 0 Å². The summed E-state index contributed by atoms with van der Waals surface area (Å²) in [5.74, 6) is 1.11. The lowest BCUT2D eigenvalue weighted by molar-refractivity contribution is 0.0986. The molecule has 0 aliphatic heterocycles. The van der Waals surface area contributed by atoms with Crippen LogP contribution in [0.5, 0.6) is 0 Å². The molecule has 0 saturated heterocycles. The third-order valence-corrected chi connectivity index (χ3v) is 4.21. The Morgan fingerprint density at radius 3 is 3.06 bits per heavy atom. The van der Waals surface area contributed by atoms with E-state index >= 15 is 0 Å². The average molecular weight is 278 g/mol. The van der Waals surface area contributed by atoms with Crippen molar-refractivity contribution in [3.05, 3.63) is 40.3 Å². The van der Waals surface area contributed by atoms with E-state index in [-0.39, 0.29) is 5.78 Å². The van der Waals surface area contributed by atoms with Crippen molar-refractivity contribution in [1.82, 2.24) is 9.97 Å². The molecule has 2 heterocycles. The maximum atomic E-state index is 11.7. The summed E-state index contributed by atoms with van der Waals surface area (Å²) in [6.45, 7) is 1.95. The van der Waals surface area contributed by atoms with Gasteiger partial charge in [-0.2, -0.15) is 0 Å². The molecule has 0 radical (unpaired) electrons. The van der Waals surface area contributed by atoms with Crippen molar-refractivity contribution in [3.8, 4) is 0 Å². The molecule has 2 aromatic rings. The van der Waals surface area contributed by atoms with E-state index < -0.39 is 0 Å². The number of thiophene rings is 1. The van der Waals surface area contributed by atoms with E-state index in [1.807, 2.05) is 30.5 Å². The van der Waals surface area contributed by atoms with Crippen LogP contribution in [0.1, 0.15) is 28.2 Å². The Labute approximate surface area is 115 Å². The van der Waals surface area contributed by atoms with Crippen LogP contribution in [0, 0.1) is 6.92 Å². The van der Waals surface area contributed by atoms with Crippen LogP contribution in [0.15, 0.2) is 34.9 Å². The Hall–Kier alpha value is -1.20. The van der Waals surface area contributed by atoms with Gasteiger partial charge in [0.2, 0.25) is 0 Å². The molecule has 0 unspecified atom stereocenters. The zero-order chi connectivity index (χ0) is 12.8. The quantitative estimate of drug-likeness (QED) is 0.350. The van der Waals surface area contributed by atoms with Gasteiger partial charge in [-0.3, -0.25) is 4.79 Å². The molecule has 0 amide bonds. The smallest absolute Gasteiger partial charge is 0.187 e. The molecule has 2 aromatic heterocycles. The molecule has 0 aliphatic carbocycles. The maximum absolute atomic E-state index is 11.7. The predicted octanol–water partition coefficient (Wildman–Crippen LogP) is 3.60. The third kappa shape index (κ3) is 3.92. The Balaban J connectivity index is 1.72. The number of hydrogen-bond donors (Lipinski definition) is 0. The van der Waals surface area contributed by atoms with Gasteiger partial charge in [0, 0.05) is 24.1 Å². The molecule has 0 saturated carbocycles. The summed E-state index contributed by atoms with van der Waals surface area (Å²) in [5, 5.41) is 2.72. The zero-order valence-corrected chi connectivity index (χ0v) is 11.8. The Kier molecular flexibility index (Phi) is 4.90. The molecule has 5 heteroatoms. The van der Waals surface area contributed by atoms with Crippen molar-refractivity contribution < 1.29 is 4.79 Å². The molecule has 3 nitrogen and oxygen atoms in total. The summed E-state index contributed by atoms with van der Waals surface area (Å²) < 4.78 is 0. The first-order chi connectivity index (χ1) is 8.75. The minimum absolute atomic E-state index is 0.232. The largest absolute Gasteiger partial charge is 0.293 e. The fourth-order valence-electron chi connectivity index (χ4n) is 1.45. The van der Waals surface area contributed by atoms with Crippen LogP contribution in [0.25, 0.3) is 0 Å². The number of aryl methyl sites for hydroxylation is 1. The van der Waals surface area contributed by atoms with Crippen molar-refractivity contribution in [1.29, 1.82) is 0 Å². The average Bonchev–Trinajstić information content (AvgIpc) is 2.88. The molecule has 0 spiro atoms. The number of thioether (sulfide) groups is 1. The van der Waals surface area contributed by atoms with Crippen molar-refractivity contribution in [3.63, 3.8) is 0 Å². The highest BCUT2D eigenvalue weighted by atomic mass is 32.2. The van der Waals surface area contributed by atoms with Gasteiger partial charge >= 0.3 is 0 Å². The number of aromatic nitrogens is 2. The molecule has 0 fully saturated rings. The molecule has 2 rings (SSSR count). The number of rotatable bonds is 6. The minimum Gasteiger partial charge on any atom is -0.293 e. The van der Waals surface area contributed by atoms with Crippen LogP contribution in [0.4, 0.5) is 0 Å². The van der Waals surface area contributed by atoms with Gasteiger partial charge in [-0.05, 0) is 30.9 Å². The summed E-state index contributed by atoms with van der Waals surface area (Å²) in [6.07, 6.45) is 3.22. The standard InChI is InChI=1S/C13H14N2OS2/c1-10-6-7-14-13(15-10)18-9-2-4-11(16)12-5-3-8-17-12/h3,5-8H,2,4,9H2,1H3. The molecular formula is C13H14N2OS2. The van der Waals surface area contributed by atoms with Crippen LogP contribution in [-0.2, 0) is 0 Å². The summed E-state index contributed by atoms with van der Waals surface area (Å²) in [6, 6.07) is 5.67. The summed E-state index contributed by atoms with van der Waals surface area (Å²) in [4.78, 5) is 21.1. The van der Waals surface area contributed by atoms with Crippen LogP contribution >= 0.6 is 23.1 Å². The molecule has 0 atom stereocenters. The third-order valence-electron chi connectivity index (χ3n) is 2.35. The lowest BCUT2D eigenvalue weighted by Crippen LogP contribution is -1.97. The molecule has 0 aliphatic rings. The molecule has 0 aromatic carbocycles. The first-order valence-corrected chi connectivity index (χ1v) is 7.61. The Morgan fingerprint density at radius 2 is 2.33 bits per heavy atom. The van der Waals surface area contributed by atoms with Gasteiger partial charge in [-0.1, -0.05) is 17.8 Å². The molecule has 18 heavy (non-hydrogen) atoms. The van der Waals surface area contributed by atoms with Crippen molar-refractivity contribution >= 4 is 28.9 Å². The van der Waals surface area contributed by atoms with Gasteiger partial charge in [0.15, 0.2) is 10.9 Å². The van der Waals surface area contributed by atoms with Gasteiger partial charge < -0.3 is 0 Å². The van der Waals surface area contributed by atoms with E-state index in [1.165, 1.54) is 11.3 Å². The highest BCUT2D eigenvalue weighted by Crippen LogP contribution is 2.17. The number of Topliss-reactive ketones (excluding diaryl/α,β-unsaturated/α-hetero) is 1. The number of ketones is 1. The fraction of sp³-hybridized carbons (Fsp3) is 0.308. The van der Waals surface area contributed by atoms with Gasteiger partial charge in [0.25, 0.3) is 0 Å². The van der Waals surface area contributed by atoms with Crippen LogP contribution in [0.2, 0.25) is 0 Å². The second-order valence-corrected chi connectivity index (χ2v) is 5.84. The van der Waals surface area contributed by atoms with E-state index in [1.54, 1.807) is 18.0 Å². The number of carbonyl (C=O) groups excluding carboxylic acids is 1. The van der Waals surface area contributed by atoms with E-state index in [4.69, 9.17) is 0 Å². The van der Waals surface area contributed by atoms with Gasteiger partial charge in [-0.25, -0.2) is 9.97 Å². The summed E-state index contributed by atoms with van der Waals surface area (Å²) in [7, 11) is 0. The molecule has 94 valence electrons. The van der Waals surface area contributed by atoms with Crippen LogP contribution < -0.4 is 0 Å². The monoisotopic (exact) mass is 278 g/mol. The van der Waals surface area contributed by atoms with E-state index in [0.29, 0.717) is 6.42 Å². The number of hydrogen-bond acceptors (Lipinski definition) is 5. The highest BCUT2D eigenvalue weighted by Gasteiger charge is 2.06. The minimum atomic E-state index is 0.232. The normalized spacial score (nSPS) is 10.5.